The average molecular weight is 487 g/mol. The first-order chi connectivity index (χ1) is 16.9. The monoisotopic (exact) mass is 486 g/mol. The van der Waals surface area contributed by atoms with Gasteiger partial charge in [-0.3, -0.25) is 4.48 Å². The van der Waals surface area contributed by atoms with Crippen LogP contribution in [0.15, 0.2) is 18.2 Å². The highest BCUT2D eigenvalue weighted by Crippen LogP contribution is 2.30. The van der Waals surface area contributed by atoms with E-state index in [2.05, 4.69) is 34.3 Å². The van der Waals surface area contributed by atoms with Crippen molar-refractivity contribution in [2.45, 2.75) is 69.9 Å². The number of anilines is 2. The molecular weight excluding hydrogens is 445 g/mol. The SMILES string of the molecule is COc1ccc(CC[N+](C)(c2nc(N)nc(NC3CCCCCC3)n2)C2CCN(C)CC2)cc1F. The Balaban J connectivity index is 1.60. The molecule has 3 N–H and O–H groups in total. The number of halogens is 1. The Bertz CT molecular complexity index is 974. The largest absolute Gasteiger partial charge is 0.494 e. The maximum Gasteiger partial charge on any atom is 0.335 e. The van der Waals surface area contributed by atoms with Crippen molar-refractivity contribution in [3.05, 3.63) is 29.6 Å². The number of hydrogen-bond acceptors (Lipinski definition) is 7. The van der Waals surface area contributed by atoms with E-state index in [4.69, 9.17) is 15.5 Å². The molecular formula is C26H41FN7O+. The predicted octanol–water partition coefficient (Wildman–Crippen LogP) is 4.01. The summed E-state index contributed by atoms with van der Waals surface area (Å²) >= 11 is 0. The van der Waals surface area contributed by atoms with Gasteiger partial charge in [-0.05, 0) is 37.6 Å². The van der Waals surface area contributed by atoms with E-state index in [0.29, 0.717) is 34.9 Å². The number of benzene rings is 1. The van der Waals surface area contributed by atoms with Crippen molar-refractivity contribution >= 4 is 17.8 Å². The fourth-order valence-corrected chi connectivity index (χ4v) is 5.52. The zero-order valence-corrected chi connectivity index (χ0v) is 21.5. The minimum atomic E-state index is -0.335. The molecule has 192 valence electrons. The van der Waals surface area contributed by atoms with E-state index in [1.807, 2.05) is 6.07 Å². The van der Waals surface area contributed by atoms with E-state index in [9.17, 15) is 4.39 Å². The number of ether oxygens (including phenoxy) is 1. The fraction of sp³-hybridized carbons (Fsp3) is 0.654. The van der Waals surface area contributed by atoms with Gasteiger partial charge in [-0.1, -0.05) is 31.7 Å². The number of methoxy groups -OCH3 is 1. The summed E-state index contributed by atoms with van der Waals surface area (Å²) in [6, 6.07) is 5.92. The normalized spacial score (nSPS) is 20.2. The summed E-state index contributed by atoms with van der Waals surface area (Å²) < 4.78 is 20.0. The lowest BCUT2D eigenvalue weighted by molar-refractivity contribution is 0.141. The van der Waals surface area contributed by atoms with Gasteiger partial charge in [-0.2, -0.15) is 4.98 Å². The summed E-state index contributed by atoms with van der Waals surface area (Å²) in [5, 5.41) is 3.55. The number of hydrogen-bond donors (Lipinski definition) is 2. The lowest BCUT2D eigenvalue weighted by Crippen LogP contribution is -2.59. The van der Waals surface area contributed by atoms with Crippen LogP contribution in [0.2, 0.25) is 0 Å². The highest BCUT2D eigenvalue weighted by molar-refractivity contribution is 5.41. The summed E-state index contributed by atoms with van der Waals surface area (Å²) in [5.41, 5.74) is 7.15. The van der Waals surface area contributed by atoms with Crippen LogP contribution in [-0.2, 0) is 6.42 Å². The van der Waals surface area contributed by atoms with Crippen molar-refractivity contribution in [1.82, 2.24) is 24.3 Å². The third-order valence-electron chi connectivity index (χ3n) is 7.86. The van der Waals surface area contributed by atoms with Crippen LogP contribution < -0.4 is 20.3 Å². The van der Waals surface area contributed by atoms with Crippen molar-refractivity contribution in [1.29, 1.82) is 0 Å². The molecule has 0 spiro atoms. The number of quaternary nitrogens is 1. The minimum Gasteiger partial charge on any atom is -0.494 e. The van der Waals surface area contributed by atoms with Crippen LogP contribution in [0.3, 0.4) is 0 Å². The van der Waals surface area contributed by atoms with Crippen molar-refractivity contribution < 1.29 is 9.13 Å². The number of nitrogens with zero attached hydrogens (tertiary/aromatic N) is 5. The smallest absolute Gasteiger partial charge is 0.335 e. The van der Waals surface area contributed by atoms with Crippen LogP contribution >= 0.6 is 0 Å². The summed E-state index contributed by atoms with van der Waals surface area (Å²) in [5.74, 6) is 1.45. The lowest BCUT2D eigenvalue weighted by atomic mass is 10.00. The van der Waals surface area contributed by atoms with Gasteiger partial charge in [0, 0.05) is 38.4 Å². The van der Waals surface area contributed by atoms with Crippen LogP contribution in [-0.4, -0.2) is 72.8 Å². The first-order valence-corrected chi connectivity index (χ1v) is 13.0. The Morgan fingerprint density at radius 3 is 2.46 bits per heavy atom. The Labute approximate surface area is 208 Å². The van der Waals surface area contributed by atoms with Gasteiger partial charge in [-0.25, -0.2) is 4.39 Å². The molecule has 1 aromatic heterocycles. The molecule has 1 atom stereocenters. The molecule has 0 bridgehead atoms. The number of nitrogens with one attached hydrogen (secondary N) is 1. The Morgan fingerprint density at radius 2 is 1.80 bits per heavy atom. The summed E-state index contributed by atoms with van der Waals surface area (Å²) in [7, 11) is 5.84. The van der Waals surface area contributed by atoms with E-state index < -0.39 is 0 Å². The number of likely N-dealkylation sites (tertiary alicyclic amines) is 1. The molecule has 8 nitrogen and oxygen atoms in total. The van der Waals surface area contributed by atoms with Gasteiger partial charge >= 0.3 is 5.95 Å². The van der Waals surface area contributed by atoms with Crippen molar-refractivity contribution in [2.24, 2.45) is 0 Å². The van der Waals surface area contributed by atoms with Gasteiger partial charge in [0.25, 0.3) is 0 Å². The third-order valence-corrected chi connectivity index (χ3v) is 7.86. The Morgan fingerprint density at radius 1 is 1.09 bits per heavy atom. The highest BCUT2D eigenvalue weighted by atomic mass is 19.1. The summed E-state index contributed by atoms with van der Waals surface area (Å²) in [4.78, 5) is 16.4. The first kappa shape index (κ1) is 25.6. The fourth-order valence-electron chi connectivity index (χ4n) is 5.52. The van der Waals surface area contributed by atoms with E-state index in [0.717, 1.165) is 50.9 Å². The zero-order valence-electron chi connectivity index (χ0n) is 21.5. The van der Waals surface area contributed by atoms with Gasteiger partial charge < -0.3 is 20.7 Å². The van der Waals surface area contributed by atoms with Gasteiger partial charge in [0.05, 0.1) is 26.7 Å². The average Bonchev–Trinajstić information content (AvgIpc) is 3.11. The molecule has 1 saturated carbocycles. The van der Waals surface area contributed by atoms with Crippen molar-refractivity contribution in [3.8, 4) is 5.75 Å². The van der Waals surface area contributed by atoms with Crippen molar-refractivity contribution in [2.75, 3.05) is 51.9 Å². The quantitative estimate of drug-likeness (QED) is 0.430. The van der Waals surface area contributed by atoms with Crippen LogP contribution in [0.1, 0.15) is 56.9 Å². The first-order valence-electron chi connectivity index (χ1n) is 13.0. The Kier molecular flexibility index (Phi) is 8.38. The zero-order chi connectivity index (χ0) is 24.8. The van der Waals surface area contributed by atoms with Crippen molar-refractivity contribution in [3.63, 3.8) is 0 Å². The molecule has 0 amide bonds. The highest BCUT2D eigenvalue weighted by Gasteiger charge is 2.40. The molecule has 4 rings (SSSR count). The second-order valence-corrected chi connectivity index (χ2v) is 10.4. The molecule has 9 heteroatoms. The van der Waals surface area contributed by atoms with Gasteiger partial charge in [-0.15, -0.1) is 9.97 Å². The van der Waals surface area contributed by atoms with Crippen LogP contribution in [0, 0.1) is 5.82 Å². The maximum absolute atomic E-state index is 14.4. The van der Waals surface area contributed by atoms with Gasteiger partial charge in [0.2, 0.25) is 11.9 Å². The molecule has 0 radical (unpaired) electrons. The van der Waals surface area contributed by atoms with Gasteiger partial charge in [0.1, 0.15) is 0 Å². The lowest BCUT2D eigenvalue weighted by Gasteiger charge is -2.42. The number of likely N-dealkylation sites (N-methyl/N-ethyl adjacent to an activating group) is 1. The summed E-state index contributed by atoms with van der Waals surface area (Å²) in [6.45, 7) is 2.80. The van der Waals surface area contributed by atoms with E-state index in [-0.39, 0.29) is 17.5 Å². The molecule has 1 unspecified atom stereocenters. The van der Waals surface area contributed by atoms with Gasteiger partial charge in [0.15, 0.2) is 11.6 Å². The number of piperidine rings is 1. The van der Waals surface area contributed by atoms with Crippen LogP contribution in [0.5, 0.6) is 5.75 Å². The molecule has 1 aliphatic heterocycles. The van der Waals surface area contributed by atoms with E-state index in [1.54, 1.807) is 12.1 Å². The molecule has 35 heavy (non-hydrogen) atoms. The molecule has 1 saturated heterocycles. The molecule has 2 aliphatic rings. The third kappa shape index (κ3) is 6.38. The maximum atomic E-state index is 14.4. The Hall–Kier alpha value is -2.52. The standard InChI is InChI=1S/C26H41FN7O/c1-33-15-12-21(13-16-33)34(2,17-14-19-10-11-23(35-3)22(27)18-19)26-31-24(28)30-25(32-26)29-20-8-6-4-5-7-9-20/h10-11,18,20-21H,4-9,12-17H2,1-3H3,(H3,28,29,30,31,32)/q+1. The minimum absolute atomic E-state index is 0.249. The summed E-state index contributed by atoms with van der Waals surface area (Å²) in [6.07, 6.45) is 10.1. The number of aromatic nitrogens is 3. The molecule has 2 heterocycles. The second kappa shape index (κ2) is 11.5. The second-order valence-electron chi connectivity index (χ2n) is 10.4. The van der Waals surface area contributed by atoms with E-state index >= 15 is 0 Å². The van der Waals surface area contributed by atoms with Crippen LogP contribution in [0.4, 0.5) is 22.2 Å². The molecule has 1 aliphatic carbocycles. The predicted molar refractivity (Wildman–Crippen MR) is 139 cm³/mol. The number of nitrogen functional groups attached to an aromatic ring is 1. The molecule has 2 aromatic rings. The molecule has 2 fully saturated rings. The topological polar surface area (TPSA) is 89.2 Å². The molecule has 1 aromatic carbocycles. The van der Waals surface area contributed by atoms with E-state index in [1.165, 1.54) is 32.8 Å². The number of rotatable bonds is 8. The van der Waals surface area contributed by atoms with Crippen LogP contribution in [0.25, 0.3) is 0 Å². The number of nitrogens with two attached hydrogens (primary N) is 1.